The number of rotatable bonds is 8. The lowest BCUT2D eigenvalue weighted by atomic mass is 10.2. The molecule has 0 aliphatic heterocycles. The van der Waals surface area contributed by atoms with Crippen LogP contribution < -0.4 is 25.7 Å². The topological polar surface area (TPSA) is 112 Å². The Balaban J connectivity index is 1.54. The van der Waals surface area contributed by atoms with E-state index in [1.807, 2.05) is 6.92 Å². The number of para-hydroxylation sites is 2. The Morgan fingerprint density at radius 3 is 2.54 bits per heavy atom. The highest BCUT2D eigenvalue weighted by Crippen LogP contribution is 2.29. The van der Waals surface area contributed by atoms with Gasteiger partial charge in [-0.15, -0.1) is 11.3 Å². The fourth-order valence-electron chi connectivity index (χ4n) is 3.57. The minimum absolute atomic E-state index is 0.215. The van der Waals surface area contributed by atoms with E-state index in [0.717, 1.165) is 11.3 Å². The predicted octanol–water partition coefficient (Wildman–Crippen LogP) is 4.06. The molecule has 0 unspecified atom stereocenters. The van der Waals surface area contributed by atoms with Crippen molar-refractivity contribution < 1.29 is 19.1 Å². The molecule has 0 bridgehead atoms. The predicted molar refractivity (Wildman–Crippen MR) is 136 cm³/mol. The van der Waals surface area contributed by atoms with Gasteiger partial charge in [-0.05, 0) is 55.8 Å². The van der Waals surface area contributed by atoms with Crippen LogP contribution in [0.1, 0.15) is 22.2 Å². The van der Waals surface area contributed by atoms with Gasteiger partial charge in [0, 0.05) is 5.69 Å². The van der Waals surface area contributed by atoms with Gasteiger partial charge in [0.1, 0.15) is 22.9 Å². The summed E-state index contributed by atoms with van der Waals surface area (Å²) in [5.74, 6) is 0.488. The minimum atomic E-state index is -0.387. The lowest BCUT2D eigenvalue weighted by Gasteiger charge is -2.09. The number of thiophene rings is 1. The zero-order valence-corrected chi connectivity index (χ0v) is 20.3. The quantitative estimate of drug-likeness (QED) is 0.384. The number of amides is 2. The third-order valence-corrected chi connectivity index (χ3v) is 6.44. The standard InChI is InChI=1S/C25H24N4O5S/c1-4-34-17-11-9-16(10-12-17)27-20(30)13-29-14-26-24-21(25(29)32)15(2)22(35-24)23(31)28-18-7-5-6-8-19(18)33-3/h5-12,14H,4,13H2,1-3H3,(H,27,30)(H,28,31). The molecule has 0 spiro atoms. The molecule has 4 rings (SSSR count). The number of nitrogens with zero attached hydrogens (tertiary/aromatic N) is 2. The van der Waals surface area contributed by atoms with Gasteiger partial charge < -0.3 is 20.1 Å². The molecule has 180 valence electrons. The summed E-state index contributed by atoms with van der Waals surface area (Å²) in [6.45, 7) is 3.93. The summed E-state index contributed by atoms with van der Waals surface area (Å²) < 4.78 is 11.9. The summed E-state index contributed by atoms with van der Waals surface area (Å²) in [7, 11) is 1.52. The molecule has 4 aromatic rings. The van der Waals surface area contributed by atoms with Crippen LogP contribution in [0.4, 0.5) is 11.4 Å². The first kappa shape index (κ1) is 24.0. The van der Waals surface area contributed by atoms with E-state index in [2.05, 4.69) is 15.6 Å². The summed E-state index contributed by atoms with van der Waals surface area (Å²) in [6.07, 6.45) is 1.32. The van der Waals surface area contributed by atoms with Gasteiger partial charge in [-0.3, -0.25) is 19.0 Å². The molecular formula is C25H24N4O5S. The summed E-state index contributed by atoms with van der Waals surface area (Å²) in [5, 5.41) is 5.89. The molecular weight excluding hydrogens is 468 g/mol. The van der Waals surface area contributed by atoms with Crippen molar-refractivity contribution in [3.63, 3.8) is 0 Å². The van der Waals surface area contributed by atoms with Crippen LogP contribution in [0.3, 0.4) is 0 Å². The Morgan fingerprint density at radius 2 is 1.83 bits per heavy atom. The van der Waals surface area contributed by atoms with E-state index in [0.29, 0.717) is 50.1 Å². The van der Waals surface area contributed by atoms with Crippen molar-refractivity contribution in [2.45, 2.75) is 20.4 Å². The van der Waals surface area contributed by atoms with Crippen LogP contribution in [0.5, 0.6) is 11.5 Å². The van der Waals surface area contributed by atoms with Crippen molar-refractivity contribution in [2.24, 2.45) is 0 Å². The van der Waals surface area contributed by atoms with Crippen molar-refractivity contribution in [3.8, 4) is 11.5 Å². The van der Waals surface area contributed by atoms with Crippen LogP contribution in [0.2, 0.25) is 0 Å². The van der Waals surface area contributed by atoms with Crippen LogP contribution in [-0.2, 0) is 11.3 Å². The largest absolute Gasteiger partial charge is 0.495 e. The number of hydrogen-bond acceptors (Lipinski definition) is 7. The summed E-state index contributed by atoms with van der Waals surface area (Å²) in [6, 6.07) is 14.0. The highest BCUT2D eigenvalue weighted by Gasteiger charge is 2.21. The Labute approximate surface area is 205 Å². The van der Waals surface area contributed by atoms with Crippen LogP contribution >= 0.6 is 11.3 Å². The number of aromatic nitrogens is 2. The maximum atomic E-state index is 13.1. The number of anilines is 2. The molecule has 9 nitrogen and oxygen atoms in total. The number of carbonyl (C=O) groups is 2. The van der Waals surface area contributed by atoms with Crippen molar-refractivity contribution in [1.82, 2.24) is 9.55 Å². The molecule has 0 radical (unpaired) electrons. The first-order valence-corrected chi connectivity index (χ1v) is 11.7. The van der Waals surface area contributed by atoms with E-state index >= 15 is 0 Å². The van der Waals surface area contributed by atoms with E-state index in [4.69, 9.17) is 9.47 Å². The second kappa shape index (κ2) is 10.4. The number of fused-ring (bicyclic) bond motifs is 1. The highest BCUT2D eigenvalue weighted by molar-refractivity contribution is 7.20. The molecule has 0 aliphatic rings. The monoisotopic (exact) mass is 492 g/mol. The van der Waals surface area contributed by atoms with Crippen molar-refractivity contribution in [1.29, 1.82) is 0 Å². The van der Waals surface area contributed by atoms with E-state index in [1.54, 1.807) is 55.5 Å². The molecule has 2 amide bonds. The van der Waals surface area contributed by atoms with Crippen molar-refractivity contribution in [3.05, 3.63) is 75.7 Å². The number of hydrogen-bond donors (Lipinski definition) is 2. The minimum Gasteiger partial charge on any atom is -0.495 e. The maximum absolute atomic E-state index is 13.1. The Bertz CT molecular complexity index is 1440. The number of benzene rings is 2. The SMILES string of the molecule is CCOc1ccc(NC(=O)Cn2cnc3sc(C(=O)Nc4ccccc4OC)c(C)c3c2=O)cc1. The second-order valence-corrected chi connectivity index (χ2v) is 8.57. The number of ether oxygens (including phenoxy) is 2. The highest BCUT2D eigenvalue weighted by atomic mass is 32.1. The van der Waals surface area contributed by atoms with Gasteiger partial charge in [0.05, 0.1) is 36.0 Å². The van der Waals surface area contributed by atoms with Gasteiger partial charge in [-0.1, -0.05) is 12.1 Å². The smallest absolute Gasteiger partial charge is 0.266 e. The molecule has 0 saturated carbocycles. The zero-order chi connectivity index (χ0) is 24.9. The third-order valence-electron chi connectivity index (χ3n) is 5.24. The fraction of sp³-hybridized carbons (Fsp3) is 0.200. The molecule has 2 N–H and O–H groups in total. The average Bonchev–Trinajstić information content (AvgIpc) is 3.19. The van der Waals surface area contributed by atoms with Gasteiger partial charge in [-0.2, -0.15) is 0 Å². The number of nitrogens with one attached hydrogen (secondary N) is 2. The molecule has 0 saturated heterocycles. The normalized spacial score (nSPS) is 10.7. The Morgan fingerprint density at radius 1 is 1.09 bits per heavy atom. The molecule has 2 heterocycles. The van der Waals surface area contributed by atoms with E-state index in [-0.39, 0.29) is 23.9 Å². The first-order valence-electron chi connectivity index (χ1n) is 10.9. The number of methoxy groups -OCH3 is 1. The molecule has 10 heteroatoms. The summed E-state index contributed by atoms with van der Waals surface area (Å²) >= 11 is 1.12. The molecule has 0 atom stereocenters. The van der Waals surface area contributed by atoms with Gasteiger partial charge in [-0.25, -0.2) is 4.98 Å². The fourth-order valence-corrected chi connectivity index (χ4v) is 4.61. The average molecular weight is 493 g/mol. The lowest BCUT2D eigenvalue weighted by molar-refractivity contribution is -0.116. The van der Waals surface area contributed by atoms with Crippen molar-refractivity contribution in [2.75, 3.05) is 24.4 Å². The molecule has 0 fully saturated rings. The van der Waals surface area contributed by atoms with E-state index in [9.17, 15) is 14.4 Å². The van der Waals surface area contributed by atoms with Gasteiger partial charge >= 0.3 is 0 Å². The van der Waals surface area contributed by atoms with Crippen molar-refractivity contribution >= 4 is 44.7 Å². The summed E-state index contributed by atoms with van der Waals surface area (Å²) in [4.78, 5) is 43.7. The molecule has 2 aromatic carbocycles. The zero-order valence-electron chi connectivity index (χ0n) is 19.5. The van der Waals surface area contributed by atoms with E-state index in [1.165, 1.54) is 18.0 Å². The van der Waals surface area contributed by atoms with Crippen LogP contribution in [-0.4, -0.2) is 35.1 Å². The number of aryl methyl sites for hydroxylation is 1. The molecule has 35 heavy (non-hydrogen) atoms. The van der Waals surface area contributed by atoms with Crippen LogP contribution in [0.25, 0.3) is 10.2 Å². The molecule has 2 aromatic heterocycles. The molecule has 0 aliphatic carbocycles. The third kappa shape index (κ3) is 5.17. The van der Waals surface area contributed by atoms with Crippen LogP contribution in [0, 0.1) is 6.92 Å². The summed E-state index contributed by atoms with van der Waals surface area (Å²) in [5.41, 5.74) is 1.23. The van der Waals surface area contributed by atoms with E-state index < -0.39 is 0 Å². The Kier molecular flexibility index (Phi) is 7.11. The number of carbonyl (C=O) groups excluding carboxylic acids is 2. The first-order chi connectivity index (χ1) is 16.9. The van der Waals surface area contributed by atoms with Gasteiger partial charge in [0.2, 0.25) is 5.91 Å². The Hall–Kier alpha value is -4.18. The lowest BCUT2D eigenvalue weighted by Crippen LogP contribution is -2.28. The van der Waals surface area contributed by atoms with Crippen LogP contribution in [0.15, 0.2) is 59.7 Å². The van der Waals surface area contributed by atoms with Gasteiger partial charge in [0.15, 0.2) is 0 Å². The second-order valence-electron chi connectivity index (χ2n) is 7.57. The van der Waals surface area contributed by atoms with Gasteiger partial charge in [0.25, 0.3) is 11.5 Å². The maximum Gasteiger partial charge on any atom is 0.266 e.